The van der Waals surface area contributed by atoms with Crippen molar-refractivity contribution in [1.29, 1.82) is 0 Å². The topological polar surface area (TPSA) is 102 Å². The predicted molar refractivity (Wildman–Crippen MR) is 213 cm³/mol. The molecule has 0 aliphatic carbocycles. The van der Waals surface area contributed by atoms with Gasteiger partial charge < -0.3 is 24.0 Å². The average molecular weight is 797 g/mol. The lowest BCUT2D eigenvalue weighted by Gasteiger charge is -2.32. The second-order valence-corrected chi connectivity index (χ2v) is 14.8. The second-order valence-electron chi connectivity index (χ2n) is 14.3. The first-order valence-electron chi connectivity index (χ1n) is 19.1. The van der Waals surface area contributed by atoms with Crippen molar-refractivity contribution in [3.8, 4) is 28.7 Å². The first kappa shape index (κ1) is 44.6. The minimum absolute atomic E-state index is 0.0178. The minimum Gasteiger partial charge on any atom is -0.497 e. The zero-order chi connectivity index (χ0) is 39.9. The molecular formula is C44H57ClO11. The molecule has 0 amide bonds. The molecule has 0 saturated heterocycles. The second kappa shape index (κ2) is 24.5. The first-order valence-corrected chi connectivity index (χ1v) is 19.5. The molecule has 0 spiro atoms. The Morgan fingerprint density at radius 1 is 0.482 bits per heavy atom. The number of unbranched alkanes of at least 4 members (excludes halogenated alkanes) is 1. The van der Waals surface area contributed by atoms with Crippen LogP contribution in [-0.4, -0.2) is 33.9 Å². The summed E-state index contributed by atoms with van der Waals surface area (Å²) in [5.74, 6) is 3.25. The highest BCUT2D eigenvalue weighted by atomic mass is 35.5. The van der Waals surface area contributed by atoms with Crippen LogP contribution in [-0.2, 0) is 42.5 Å². The molecule has 0 aromatic heterocycles. The van der Waals surface area contributed by atoms with Gasteiger partial charge in [-0.05, 0) is 120 Å². The van der Waals surface area contributed by atoms with E-state index >= 15 is 0 Å². The van der Waals surface area contributed by atoms with E-state index in [1.807, 2.05) is 48.5 Å². The van der Waals surface area contributed by atoms with Crippen LogP contribution in [0.25, 0.3) is 0 Å². The van der Waals surface area contributed by atoms with E-state index in [0.29, 0.717) is 41.2 Å². The summed E-state index contributed by atoms with van der Waals surface area (Å²) in [6.07, 6.45) is 7.24. The van der Waals surface area contributed by atoms with Gasteiger partial charge in [0.15, 0.2) is 11.5 Å². The Hall–Kier alpha value is -4.07. The summed E-state index contributed by atoms with van der Waals surface area (Å²) >= 11 is 5.90. The predicted octanol–water partition coefficient (Wildman–Crippen LogP) is 11.4. The third-order valence-corrected chi connectivity index (χ3v) is 9.81. The van der Waals surface area contributed by atoms with Gasteiger partial charge in [-0.25, -0.2) is 9.78 Å². The van der Waals surface area contributed by atoms with Gasteiger partial charge >= 0.3 is 0 Å². The van der Waals surface area contributed by atoms with Gasteiger partial charge in [-0.1, -0.05) is 82.8 Å². The van der Waals surface area contributed by atoms with E-state index in [4.69, 9.17) is 64.9 Å². The molecule has 2 unspecified atom stereocenters. The molecular weight excluding hydrogens is 740 g/mol. The Bertz CT molecular complexity index is 1620. The maximum atomic E-state index is 5.90. The lowest BCUT2D eigenvalue weighted by molar-refractivity contribution is -0.337. The van der Waals surface area contributed by atoms with Crippen LogP contribution in [0.4, 0.5) is 0 Å². The van der Waals surface area contributed by atoms with E-state index < -0.39 is 0 Å². The molecule has 0 aliphatic heterocycles. The summed E-state index contributed by atoms with van der Waals surface area (Å²) in [4.78, 5) is 43.5. The number of hydrogen-bond acceptors (Lipinski definition) is 11. The van der Waals surface area contributed by atoms with Crippen molar-refractivity contribution in [2.24, 2.45) is 10.8 Å². The Morgan fingerprint density at radius 3 is 1.39 bits per heavy atom. The number of halogens is 1. The summed E-state index contributed by atoms with van der Waals surface area (Å²) in [5, 5.41) is 0.637. The normalized spacial score (nSPS) is 13.4. The highest BCUT2D eigenvalue weighted by molar-refractivity contribution is 6.30. The van der Waals surface area contributed by atoms with Crippen LogP contribution >= 0.6 is 11.6 Å². The molecule has 0 aliphatic rings. The molecule has 306 valence electrons. The zero-order valence-electron chi connectivity index (χ0n) is 33.3. The third-order valence-electron chi connectivity index (χ3n) is 9.56. The lowest BCUT2D eigenvalue weighted by atomic mass is 9.77. The molecule has 11 nitrogen and oxygen atoms in total. The van der Waals surface area contributed by atoms with E-state index in [9.17, 15) is 0 Å². The van der Waals surface area contributed by atoms with Crippen LogP contribution in [0.2, 0.25) is 5.02 Å². The van der Waals surface area contributed by atoms with E-state index in [2.05, 4.69) is 27.7 Å². The van der Waals surface area contributed by atoms with Gasteiger partial charge in [0.25, 0.3) is 0 Å². The zero-order valence-corrected chi connectivity index (χ0v) is 34.1. The van der Waals surface area contributed by atoms with Crippen molar-refractivity contribution in [1.82, 2.24) is 0 Å². The third kappa shape index (κ3) is 17.0. The molecule has 4 aromatic rings. The quantitative estimate of drug-likeness (QED) is 0.0227. The van der Waals surface area contributed by atoms with Crippen molar-refractivity contribution in [3.63, 3.8) is 0 Å². The molecule has 4 rings (SSSR count). The smallest absolute Gasteiger partial charge is 0.221 e. The molecule has 0 fully saturated rings. The van der Waals surface area contributed by atoms with Gasteiger partial charge in [-0.3, -0.25) is 0 Å². The summed E-state index contributed by atoms with van der Waals surface area (Å²) in [6.45, 7) is 10.3. The monoisotopic (exact) mass is 796 g/mol. The maximum absolute atomic E-state index is 5.90. The van der Waals surface area contributed by atoms with Crippen molar-refractivity contribution in [2.45, 2.75) is 85.9 Å². The molecule has 12 heteroatoms. The van der Waals surface area contributed by atoms with Crippen molar-refractivity contribution in [2.75, 3.05) is 33.9 Å². The van der Waals surface area contributed by atoms with Crippen LogP contribution in [0.1, 0.15) is 83.8 Å². The largest absolute Gasteiger partial charge is 0.497 e. The van der Waals surface area contributed by atoms with Crippen LogP contribution < -0.4 is 24.0 Å². The molecule has 2 atom stereocenters. The molecule has 0 bridgehead atoms. The molecule has 56 heavy (non-hydrogen) atoms. The van der Waals surface area contributed by atoms with Crippen molar-refractivity contribution in [3.05, 3.63) is 113 Å². The Balaban J connectivity index is 1.07. The van der Waals surface area contributed by atoms with Gasteiger partial charge in [0, 0.05) is 5.02 Å². The van der Waals surface area contributed by atoms with Crippen molar-refractivity contribution >= 4 is 11.6 Å². The number of rotatable bonds is 29. The maximum Gasteiger partial charge on any atom is 0.221 e. The van der Waals surface area contributed by atoms with Gasteiger partial charge in [-0.15, -0.1) is 0 Å². The molecule has 0 heterocycles. The van der Waals surface area contributed by atoms with Crippen LogP contribution in [0.15, 0.2) is 97.1 Å². The lowest BCUT2D eigenvalue weighted by Crippen LogP contribution is -2.27. The standard InChI is InChI=1S/C44H57ClO11/c1-6-8-26-44(4,32-52-54-34-48-40-18-10-35(11-19-40)29-49-55-41-20-14-37(45)15-21-41)28-9-27-43(3,7-2)31-51-53-33-47-39-16-12-36(13-17-39)30-50-56-42-24-22-38(46-5)23-25-42/h10-25H,6-9,26-34H2,1-5H3. The Labute approximate surface area is 336 Å². The van der Waals surface area contributed by atoms with Gasteiger partial charge in [0.2, 0.25) is 13.6 Å². The first-order chi connectivity index (χ1) is 27.2. The van der Waals surface area contributed by atoms with E-state index in [1.54, 1.807) is 55.6 Å². The summed E-state index contributed by atoms with van der Waals surface area (Å²) in [5.41, 5.74) is 1.79. The summed E-state index contributed by atoms with van der Waals surface area (Å²) < 4.78 is 16.6. The number of benzene rings is 4. The van der Waals surface area contributed by atoms with Crippen LogP contribution in [0.5, 0.6) is 28.7 Å². The van der Waals surface area contributed by atoms with Crippen molar-refractivity contribution < 1.29 is 53.3 Å². The van der Waals surface area contributed by atoms with Gasteiger partial charge in [0.05, 0.1) is 20.3 Å². The average Bonchev–Trinajstić information content (AvgIpc) is 3.22. The molecule has 0 N–H and O–H groups in total. The molecule has 4 aromatic carbocycles. The van der Waals surface area contributed by atoms with Crippen LogP contribution in [0.3, 0.4) is 0 Å². The van der Waals surface area contributed by atoms with E-state index in [-0.39, 0.29) is 37.6 Å². The number of hydrogen-bond donors (Lipinski definition) is 0. The number of methoxy groups -OCH3 is 1. The fourth-order valence-corrected chi connectivity index (χ4v) is 5.73. The Morgan fingerprint density at radius 2 is 0.911 bits per heavy atom. The van der Waals surface area contributed by atoms with E-state index in [0.717, 1.165) is 61.8 Å². The van der Waals surface area contributed by atoms with Gasteiger partial charge in [0.1, 0.15) is 30.5 Å². The fraction of sp³-hybridized carbons (Fsp3) is 0.455. The van der Waals surface area contributed by atoms with E-state index in [1.165, 1.54) is 0 Å². The Kier molecular flexibility index (Phi) is 19.6. The summed E-state index contributed by atoms with van der Waals surface area (Å²) in [6, 6.07) is 29.1. The highest BCUT2D eigenvalue weighted by Crippen LogP contribution is 2.35. The SMILES string of the molecule is CCCCC(C)(CCCC(C)(CC)COOCOc1ccc(COOc2ccc(OC)cc2)cc1)COOCOc1ccc(COOc2ccc(Cl)cc2)cc1. The number of ether oxygens (including phenoxy) is 3. The van der Waals surface area contributed by atoms with Gasteiger partial charge in [-0.2, -0.15) is 19.6 Å². The minimum atomic E-state index is -0.0439. The van der Waals surface area contributed by atoms with Crippen LogP contribution in [0, 0.1) is 10.8 Å². The highest BCUT2D eigenvalue weighted by Gasteiger charge is 2.28. The molecule has 0 saturated carbocycles. The fourth-order valence-electron chi connectivity index (χ4n) is 5.60. The molecule has 0 radical (unpaired) electrons. The summed E-state index contributed by atoms with van der Waals surface area (Å²) in [7, 11) is 1.62.